The van der Waals surface area contributed by atoms with E-state index in [9.17, 15) is 0 Å². The normalized spacial score (nSPS) is 12.9. The zero-order valence-corrected chi connectivity index (χ0v) is 33.4. The van der Waals surface area contributed by atoms with Gasteiger partial charge in [-0.2, -0.15) is 0 Å². The topological polar surface area (TPSA) is 12.5 Å². The molecule has 2 nitrogen and oxygen atoms in total. The highest BCUT2D eigenvalue weighted by atomic mass is 16.5. The minimum atomic E-state index is -0.513. The van der Waals surface area contributed by atoms with Crippen LogP contribution in [-0.2, 0) is 5.41 Å². The summed E-state index contributed by atoms with van der Waals surface area (Å²) >= 11 is 0. The standard InChI is InChI=1S/C59H39NO/c1-4-16-40(17-5-1)41-30-32-47(33-31-41)60(48-24-14-18-42(37-48)44-36-43-19-15-29-57-58(43)53(38-44)52-26-11-13-28-56(52)61-57)49-34-35-51-50-25-10-12-27-54(50)59(55(51)39-49,45-20-6-2-7-21-45)46-22-8-3-9-23-46/h1-39H. The van der Waals surface area contributed by atoms with Gasteiger partial charge in [-0.15, -0.1) is 0 Å². The van der Waals surface area contributed by atoms with E-state index in [1.54, 1.807) is 0 Å². The second-order valence-corrected chi connectivity index (χ2v) is 16.0. The molecule has 61 heavy (non-hydrogen) atoms. The summed E-state index contributed by atoms with van der Waals surface area (Å²) in [7, 11) is 0. The Morgan fingerprint density at radius 2 is 0.885 bits per heavy atom. The van der Waals surface area contributed by atoms with Crippen molar-refractivity contribution in [3.05, 3.63) is 259 Å². The minimum absolute atomic E-state index is 0.513. The Labute approximate surface area is 356 Å². The van der Waals surface area contributed by atoms with Gasteiger partial charge in [-0.1, -0.05) is 176 Å². The molecule has 1 aliphatic carbocycles. The molecule has 1 aliphatic heterocycles. The lowest BCUT2D eigenvalue weighted by molar-refractivity contribution is 0.487. The van der Waals surface area contributed by atoms with Gasteiger partial charge in [0, 0.05) is 28.0 Å². The molecule has 0 fully saturated rings. The number of benzene rings is 10. The van der Waals surface area contributed by atoms with E-state index in [2.05, 4.69) is 235 Å². The zero-order chi connectivity index (χ0) is 40.3. The summed E-state index contributed by atoms with van der Waals surface area (Å²) in [6.07, 6.45) is 0. The Hall–Kier alpha value is -7.94. The van der Waals surface area contributed by atoms with Crippen molar-refractivity contribution in [2.75, 3.05) is 4.90 Å². The van der Waals surface area contributed by atoms with Crippen LogP contribution in [0, 0.1) is 0 Å². The molecule has 0 saturated carbocycles. The van der Waals surface area contributed by atoms with Gasteiger partial charge in [0.15, 0.2) is 0 Å². The lowest BCUT2D eigenvalue weighted by Gasteiger charge is -2.35. The van der Waals surface area contributed by atoms with Crippen LogP contribution in [0.15, 0.2) is 237 Å². The van der Waals surface area contributed by atoms with Crippen molar-refractivity contribution in [1.29, 1.82) is 0 Å². The van der Waals surface area contributed by atoms with Gasteiger partial charge in [0.05, 0.1) is 5.41 Å². The van der Waals surface area contributed by atoms with Crippen LogP contribution in [0.2, 0.25) is 0 Å². The van der Waals surface area contributed by atoms with E-state index in [0.717, 1.165) is 56.0 Å². The monoisotopic (exact) mass is 777 g/mol. The average Bonchev–Trinajstić information content (AvgIpc) is 3.63. The van der Waals surface area contributed by atoms with E-state index in [1.165, 1.54) is 50.1 Å². The van der Waals surface area contributed by atoms with E-state index in [-0.39, 0.29) is 0 Å². The molecule has 0 spiro atoms. The third-order valence-electron chi connectivity index (χ3n) is 12.7. The summed E-state index contributed by atoms with van der Waals surface area (Å²) in [5.41, 5.74) is 17.4. The molecular formula is C59H39NO. The van der Waals surface area contributed by atoms with Gasteiger partial charge in [0.25, 0.3) is 0 Å². The Balaban J connectivity index is 1.07. The van der Waals surface area contributed by atoms with E-state index >= 15 is 0 Å². The highest BCUT2D eigenvalue weighted by Gasteiger charge is 2.46. The van der Waals surface area contributed by atoms with Gasteiger partial charge in [0.1, 0.15) is 11.5 Å². The molecule has 2 heteroatoms. The predicted octanol–water partition coefficient (Wildman–Crippen LogP) is 15.8. The molecule has 12 rings (SSSR count). The van der Waals surface area contributed by atoms with Gasteiger partial charge in [-0.25, -0.2) is 0 Å². The summed E-state index contributed by atoms with van der Waals surface area (Å²) in [6, 6.07) is 86.1. The van der Waals surface area contributed by atoms with Crippen molar-refractivity contribution < 1.29 is 4.74 Å². The number of para-hydroxylation sites is 1. The summed E-state index contributed by atoms with van der Waals surface area (Å²) < 4.78 is 6.40. The smallest absolute Gasteiger partial charge is 0.135 e. The Kier molecular flexibility index (Phi) is 8.11. The van der Waals surface area contributed by atoms with E-state index < -0.39 is 5.41 Å². The summed E-state index contributed by atoms with van der Waals surface area (Å²) in [5, 5.41) is 2.32. The maximum Gasteiger partial charge on any atom is 0.135 e. The van der Waals surface area contributed by atoms with Crippen LogP contribution in [0.25, 0.3) is 55.3 Å². The fourth-order valence-electron chi connectivity index (χ4n) is 10.0. The molecule has 0 aromatic heterocycles. The van der Waals surface area contributed by atoms with Crippen LogP contribution >= 0.6 is 0 Å². The highest BCUT2D eigenvalue weighted by molar-refractivity contribution is 6.06. The van der Waals surface area contributed by atoms with Gasteiger partial charge in [-0.3, -0.25) is 0 Å². The average molecular weight is 778 g/mol. The van der Waals surface area contributed by atoms with Crippen LogP contribution in [0.4, 0.5) is 17.1 Å². The van der Waals surface area contributed by atoms with Crippen LogP contribution < -0.4 is 9.64 Å². The molecule has 0 atom stereocenters. The number of ether oxygens (including phenoxy) is 1. The first-order valence-electron chi connectivity index (χ1n) is 21.0. The fourth-order valence-corrected chi connectivity index (χ4v) is 10.0. The third-order valence-corrected chi connectivity index (χ3v) is 12.7. The van der Waals surface area contributed by atoms with Crippen LogP contribution in [0.3, 0.4) is 0 Å². The number of hydrogen-bond donors (Lipinski definition) is 0. The summed E-state index contributed by atoms with van der Waals surface area (Å²) in [4.78, 5) is 2.43. The summed E-state index contributed by atoms with van der Waals surface area (Å²) in [5.74, 6) is 1.79. The first-order valence-corrected chi connectivity index (χ1v) is 21.0. The Morgan fingerprint density at radius 3 is 1.66 bits per heavy atom. The molecule has 0 bridgehead atoms. The highest BCUT2D eigenvalue weighted by Crippen LogP contribution is 2.57. The van der Waals surface area contributed by atoms with E-state index in [1.807, 2.05) is 6.07 Å². The van der Waals surface area contributed by atoms with Crippen molar-refractivity contribution in [2.24, 2.45) is 0 Å². The van der Waals surface area contributed by atoms with Crippen molar-refractivity contribution >= 4 is 27.8 Å². The number of fused-ring (bicyclic) bond motifs is 5. The zero-order valence-electron chi connectivity index (χ0n) is 33.4. The number of anilines is 3. The molecular weight excluding hydrogens is 739 g/mol. The Bertz CT molecular complexity index is 3220. The van der Waals surface area contributed by atoms with E-state index in [4.69, 9.17) is 4.74 Å². The SMILES string of the molecule is c1ccc(-c2ccc(N(c3cccc(-c4cc5c6c(cccc6c4)Oc4ccccc4-5)c3)c3ccc4c(c3)C(c3ccccc3)(c3ccccc3)c3ccccc3-4)cc2)cc1. The van der Waals surface area contributed by atoms with Gasteiger partial charge in [0.2, 0.25) is 0 Å². The largest absolute Gasteiger partial charge is 0.456 e. The van der Waals surface area contributed by atoms with Crippen molar-refractivity contribution in [3.63, 3.8) is 0 Å². The summed E-state index contributed by atoms with van der Waals surface area (Å²) in [6.45, 7) is 0. The fraction of sp³-hybridized carbons (Fsp3) is 0.0169. The number of hydrogen-bond acceptors (Lipinski definition) is 2. The van der Waals surface area contributed by atoms with Crippen molar-refractivity contribution in [1.82, 2.24) is 0 Å². The molecule has 0 radical (unpaired) electrons. The molecule has 0 saturated heterocycles. The molecule has 0 N–H and O–H groups in total. The number of nitrogens with zero attached hydrogens (tertiary/aromatic N) is 1. The third kappa shape index (κ3) is 5.57. The lowest BCUT2D eigenvalue weighted by Crippen LogP contribution is -2.28. The van der Waals surface area contributed by atoms with Gasteiger partial charge < -0.3 is 9.64 Å². The molecule has 10 aromatic rings. The first kappa shape index (κ1) is 35.0. The van der Waals surface area contributed by atoms with E-state index in [0.29, 0.717) is 0 Å². The molecule has 0 unspecified atom stereocenters. The maximum absolute atomic E-state index is 6.40. The second-order valence-electron chi connectivity index (χ2n) is 16.0. The van der Waals surface area contributed by atoms with Gasteiger partial charge in [-0.05, 0) is 127 Å². The number of rotatable bonds is 7. The minimum Gasteiger partial charge on any atom is -0.456 e. The molecule has 10 aromatic carbocycles. The molecule has 1 heterocycles. The molecule has 0 amide bonds. The quantitative estimate of drug-likeness (QED) is 0.160. The lowest BCUT2D eigenvalue weighted by atomic mass is 9.67. The van der Waals surface area contributed by atoms with Crippen LogP contribution in [0.5, 0.6) is 11.5 Å². The van der Waals surface area contributed by atoms with Gasteiger partial charge >= 0.3 is 0 Å². The van der Waals surface area contributed by atoms with Crippen LogP contribution in [-0.4, -0.2) is 0 Å². The predicted molar refractivity (Wildman–Crippen MR) is 252 cm³/mol. The second kappa shape index (κ2) is 14.1. The molecule has 2 aliphatic rings. The maximum atomic E-state index is 6.40. The van der Waals surface area contributed by atoms with Crippen LogP contribution in [0.1, 0.15) is 22.3 Å². The first-order chi connectivity index (χ1) is 30.2. The van der Waals surface area contributed by atoms with Crippen molar-refractivity contribution in [3.8, 4) is 56.0 Å². The Morgan fingerprint density at radius 1 is 0.311 bits per heavy atom. The molecule has 286 valence electrons. The van der Waals surface area contributed by atoms with Crippen molar-refractivity contribution in [2.45, 2.75) is 5.41 Å².